The molecule has 0 aromatic heterocycles. The van der Waals surface area contributed by atoms with Gasteiger partial charge in [-0.1, -0.05) is 78.9 Å². The fourth-order valence-electron chi connectivity index (χ4n) is 4.36. The van der Waals surface area contributed by atoms with E-state index >= 15 is 0 Å². The maximum atomic E-state index is 13.7. The average molecular weight is 447 g/mol. The normalized spacial score (nSPS) is 12.8. The number of rotatable bonds is 5. The van der Waals surface area contributed by atoms with Crippen LogP contribution in [0.4, 0.5) is 4.39 Å². The van der Waals surface area contributed by atoms with Crippen molar-refractivity contribution in [2.24, 2.45) is 4.99 Å². The van der Waals surface area contributed by atoms with Gasteiger partial charge in [-0.05, 0) is 28.8 Å². The predicted octanol–water partition coefficient (Wildman–Crippen LogP) is 6.40. The Kier molecular flexibility index (Phi) is 6.18. The number of hydrogen-bond acceptors (Lipinski definition) is 3. The fraction of sp³-hybridized carbons (Fsp3) is 0.133. The Hall–Kier alpha value is -4.23. The fourth-order valence-corrected chi connectivity index (χ4v) is 4.36. The summed E-state index contributed by atoms with van der Waals surface area (Å²) < 4.78 is 19.5. The van der Waals surface area contributed by atoms with E-state index in [1.54, 1.807) is 6.07 Å². The molecule has 1 aliphatic heterocycles. The number of nitrogens with zero attached hydrogens (tertiary/aromatic N) is 2. The number of nitriles is 1. The van der Waals surface area contributed by atoms with Crippen LogP contribution in [0.3, 0.4) is 0 Å². The maximum absolute atomic E-state index is 13.7. The topological polar surface area (TPSA) is 45.4 Å². The summed E-state index contributed by atoms with van der Waals surface area (Å²) in [6, 6.07) is 32.6. The van der Waals surface area contributed by atoms with Crippen LogP contribution in [0.15, 0.2) is 102 Å². The first-order chi connectivity index (χ1) is 16.7. The first-order valence-corrected chi connectivity index (χ1v) is 11.3. The number of fused-ring (bicyclic) bond motifs is 3. The highest BCUT2D eigenvalue weighted by Crippen LogP contribution is 2.36. The highest BCUT2D eigenvalue weighted by molar-refractivity contribution is 6.13. The van der Waals surface area contributed by atoms with Gasteiger partial charge in [0.2, 0.25) is 0 Å². The van der Waals surface area contributed by atoms with Gasteiger partial charge < -0.3 is 4.74 Å². The molecule has 5 rings (SSSR count). The molecule has 166 valence electrons. The molecule has 0 N–H and O–H groups in total. The molecule has 0 saturated carbocycles. The van der Waals surface area contributed by atoms with Crippen molar-refractivity contribution >= 4 is 5.71 Å². The molecular weight excluding hydrogens is 423 g/mol. The lowest BCUT2D eigenvalue weighted by atomic mass is 9.94. The van der Waals surface area contributed by atoms with Crippen LogP contribution in [0.5, 0.6) is 5.75 Å². The van der Waals surface area contributed by atoms with Crippen LogP contribution < -0.4 is 4.74 Å². The molecule has 1 atom stereocenters. The Morgan fingerprint density at radius 3 is 2.24 bits per heavy atom. The second-order valence-corrected chi connectivity index (χ2v) is 8.29. The van der Waals surface area contributed by atoms with Crippen molar-refractivity contribution < 1.29 is 9.13 Å². The Morgan fingerprint density at radius 2 is 1.56 bits per heavy atom. The van der Waals surface area contributed by atoms with Gasteiger partial charge in [0.15, 0.2) is 0 Å². The number of aliphatic imine (C=N–C) groups is 1. The minimum absolute atomic E-state index is 0.304. The van der Waals surface area contributed by atoms with E-state index in [1.165, 1.54) is 12.1 Å². The van der Waals surface area contributed by atoms with Crippen LogP contribution in [0.1, 0.15) is 22.3 Å². The Labute approximate surface area is 198 Å². The molecule has 0 radical (unpaired) electrons. The molecule has 0 bridgehead atoms. The van der Waals surface area contributed by atoms with Crippen LogP contribution in [0.2, 0.25) is 0 Å². The van der Waals surface area contributed by atoms with Gasteiger partial charge in [0.1, 0.15) is 17.6 Å². The maximum Gasteiger partial charge on any atom is 0.141 e. The Morgan fingerprint density at radius 1 is 0.882 bits per heavy atom. The summed E-state index contributed by atoms with van der Waals surface area (Å²) in [7, 11) is 0. The van der Waals surface area contributed by atoms with Crippen molar-refractivity contribution in [3.63, 3.8) is 0 Å². The largest absolute Gasteiger partial charge is 0.492 e. The molecule has 1 aliphatic rings. The monoisotopic (exact) mass is 446 g/mol. The number of ether oxygens (including phenoxy) is 1. The lowest BCUT2D eigenvalue weighted by molar-refractivity contribution is 0.325. The van der Waals surface area contributed by atoms with Gasteiger partial charge >= 0.3 is 0 Å². The van der Waals surface area contributed by atoms with E-state index in [4.69, 9.17) is 9.73 Å². The predicted molar refractivity (Wildman–Crippen MR) is 133 cm³/mol. The molecule has 34 heavy (non-hydrogen) atoms. The Balaban J connectivity index is 1.47. The number of hydrogen-bond donors (Lipinski definition) is 0. The van der Waals surface area contributed by atoms with E-state index < -0.39 is 6.04 Å². The zero-order valence-corrected chi connectivity index (χ0v) is 18.6. The molecular formula is C30H23FN2O. The molecule has 4 aromatic rings. The summed E-state index contributed by atoms with van der Waals surface area (Å²) >= 11 is 0. The molecule has 4 heteroatoms. The van der Waals surface area contributed by atoms with E-state index in [0.717, 1.165) is 45.5 Å². The third-order valence-electron chi connectivity index (χ3n) is 5.99. The van der Waals surface area contributed by atoms with E-state index in [9.17, 15) is 9.65 Å². The van der Waals surface area contributed by atoms with Gasteiger partial charge in [-0.3, -0.25) is 4.99 Å². The molecule has 0 spiro atoms. The first kappa shape index (κ1) is 21.6. The number of halogens is 1. The third kappa shape index (κ3) is 4.60. The molecule has 1 unspecified atom stereocenters. The van der Waals surface area contributed by atoms with Gasteiger partial charge in [0, 0.05) is 35.6 Å². The van der Waals surface area contributed by atoms with E-state index in [2.05, 4.69) is 12.1 Å². The zero-order valence-electron chi connectivity index (χ0n) is 18.6. The first-order valence-electron chi connectivity index (χ1n) is 11.3. The minimum atomic E-state index is -0.531. The second-order valence-electron chi connectivity index (χ2n) is 8.29. The lowest BCUT2D eigenvalue weighted by Crippen LogP contribution is -2.13. The van der Waals surface area contributed by atoms with Crippen LogP contribution in [0.25, 0.3) is 11.1 Å². The van der Waals surface area contributed by atoms with Gasteiger partial charge in [0.05, 0.1) is 18.4 Å². The third-order valence-corrected chi connectivity index (χ3v) is 5.99. The molecule has 0 amide bonds. The lowest BCUT2D eigenvalue weighted by Gasteiger charge is -2.13. The molecule has 3 nitrogen and oxygen atoms in total. The van der Waals surface area contributed by atoms with E-state index in [0.29, 0.717) is 18.8 Å². The summed E-state index contributed by atoms with van der Waals surface area (Å²) in [6.07, 6.45) is 1.23. The van der Waals surface area contributed by atoms with Crippen LogP contribution >= 0.6 is 0 Å². The van der Waals surface area contributed by atoms with Gasteiger partial charge in [0.25, 0.3) is 0 Å². The molecule has 0 aliphatic carbocycles. The highest BCUT2D eigenvalue weighted by Gasteiger charge is 2.18. The molecule has 0 fully saturated rings. The quantitative estimate of drug-likeness (QED) is 0.333. The van der Waals surface area contributed by atoms with Crippen molar-refractivity contribution in [2.75, 3.05) is 6.61 Å². The highest BCUT2D eigenvalue weighted by atomic mass is 19.1. The van der Waals surface area contributed by atoms with Gasteiger partial charge in [-0.2, -0.15) is 5.26 Å². The van der Waals surface area contributed by atoms with Crippen LogP contribution in [-0.2, 0) is 12.8 Å². The standard InChI is InChI=1S/C30H23FN2O/c31-25-12-14-28-27-13-11-21(17-24(27)15-16-34-29(28)19-25)18-26(20-32)33-30(22-7-3-1-4-8-22)23-9-5-2-6-10-23/h1-14,17,19,26H,15-16,18H2. The van der Waals surface area contributed by atoms with Crippen molar-refractivity contribution in [1.29, 1.82) is 5.26 Å². The van der Waals surface area contributed by atoms with E-state index in [1.807, 2.05) is 72.8 Å². The summed E-state index contributed by atoms with van der Waals surface area (Å²) in [6.45, 7) is 0.485. The zero-order chi connectivity index (χ0) is 23.3. The minimum Gasteiger partial charge on any atom is -0.492 e. The van der Waals surface area contributed by atoms with Crippen molar-refractivity contribution in [3.05, 3.63) is 125 Å². The van der Waals surface area contributed by atoms with Crippen molar-refractivity contribution in [2.45, 2.75) is 18.9 Å². The Bertz CT molecular complexity index is 1330. The molecule has 4 aromatic carbocycles. The SMILES string of the molecule is N#CC(Cc1ccc2c(c1)CCOc1cc(F)ccc1-2)N=C(c1ccccc1)c1ccccc1. The number of benzene rings is 4. The summed E-state index contributed by atoms with van der Waals surface area (Å²) in [5.41, 5.74) is 6.89. The van der Waals surface area contributed by atoms with E-state index in [-0.39, 0.29) is 5.82 Å². The second kappa shape index (κ2) is 9.72. The van der Waals surface area contributed by atoms with Crippen molar-refractivity contribution in [1.82, 2.24) is 0 Å². The summed E-state index contributed by atoms with van der Waals surface area (Å²) in [4.78, 5) is 4.90. The summed E-state index contributed by atoms with van der Waals surface area (Å²) in [5.74, 6) is 0.266. The van der Waals surface area contributed by atoms with Gasteiger partial charge in [-0.15, -0.1) is 0 Å². The van der Waals surface area contributed by atoms with Crippen LogP contribution in [-0.4, -0.2) is 18.4 Å². The average Bonchev–Trinajstić information content (AvgIpc) is 3.05. The van der Waals surface area contributed by atoms with Crippen LogP contribution in [0, 0.1) is 17.1 Å². The summed E-state index contributed by atoms with van der Waals surface area (Å²) in [5, 5.41) is 9.96. The van der Waals surface area contributed by atoms with Crippen molar-refractivity contribution in [3.8, 4) is 22.9 Å². The molecule has 1 heterocycles. The molecule has 0 saturated heterocycles. The smallest absolute Gasteiger partial charge is 0.141 e. The van der Waals surface area contributed by atoms with Gasteiger partial charge in [-0.25, -0.2) is 4.39 Å².